The largest absolute Gasteiger partial charge is 0.394 e. The summed E-state index contributed by atoms with van der Waals surface area (Å²) in [4.78, 5) is 22.8. The van der Waals surface area contributed by atoms with Crippen molar-refractivity contribution in [1.29, 1.82) is 0 Å². The van der Waals surface area contributed by atoms with Crippen molar-refractivity contribution in [2.75, 3.05) is 38.4 Å². The highest BCUT2D eigenvalue weighted by atomic mass is 32.2. The molecule has 7 rings (SSSR count). The summed E-state index contributed by atoms with van der Waals surface area (Å²) in [6.07, 6.45) is 2.43. The zero-order valence-corrected chi connectivity index (χ0v) is 29.2. The fourth-order valence-corrected chi connectivity index (χ4v) is 7.71. The summed E-state index contributed by atoms with van der Waals surface area (Å²) in [5, 5.41) is 49.3. The van der Waals surface area contributed by atoms with Gasteiger partial charge in [0.05, 0.1) is 43.6 Å². The molecule has 5 aromatic rings. The lowest BCUT2D eigenvalue weighted by atomic mass is 9.97. The number of amides is 1. The maximum absolute atomic E-state index is 14.1. The third-order valence-corrected chi connectivity index (χ3v) is 10.6. The number of aliphatic hydroxyl groups is 3. The van der Waals surface area contributed by atoms with Crippen molar-refractivity contribution in [3.63, 3.8) is 0 Å². The van der Waals surface area contributed by atoms with Crippen LogP contribution in [0.1, 0.15) is 12.1 Å². The number of rotatable bonds is 11. The molecule has 1 amide bonds. The lowest BCUT2D eigenvalue weighted by Crippen LogP contribution is -2.57. The van der Waals surface area contributed by atoms with Gasteiger partial charge in [-0.25, -0.2) is 32.5 Å². The number of aliphatic hydroxyl groups excluding tert-OH is 3. The van der Waals surface area contributed by atoms with Crippen LogP contribution >= 0.6 is 11.8 Å². The molecule has 2 saturated heterocycles. The van der Waals surface area contributed by atoms with Crippen LogP contribution in [-0.2, 0) is 19.0 Å². The molecule has 3 aromatic heterocycles. The molecule has 8 unspecified atom stereocenters. The average Bonchev–Trinajstić information content (AvgIpc) is 3.89. The van der Waals surface area contributed by atoms with Gasteiger partial charge in [-0.3, -0.25) is 4.79 Å². The van der Waals surface area contributed by atoms with Gasteiger partial charge in [0.1, 0.15) is 60.2 Å². The van der Waals surface area contributed by atoms with E-state index in [1.807, 2.05) is 0 Å². The molecule has 2 aliphatic rings. The first-order valence-corrected chi connectivity index (χ1v) is 17.6. The predicted molar refractivity (Wildman–Crippen MR) is 184 cm³/mol. The van der Waals surface area contributed by atoms with Crippen LogP contribution in [0.4, 0.5) is 18.9 Å². The van der Waals surface area contributed by atoms with E-state index in [0.717, 1.165) is 23.9 Å². The Labute approximate surface area is 309 Å². The maximum Gasteiger partial charge on any atom is 0.252 e. The first kappa shape index (κ1) is 37.5. The first-order chi connectivity index (χ1) is 26.1. The Kier molecular flexibility index (Phi) is 11.3. The number of hydrogen-bond donors (Lipinski definition) is 3. The van der Waals surface area contributed by atoms with Crippen molar-refractivity contribution < 1.29 is 47.5 Å². The molecule has 0 spiro atoms. The second-order valence-corrected chi connectivity index (χ2v) is 13.9. The summed E-state index contributed by atoms with van der Waals surface area (Å²) in [6, 6.07) is 8.43. The summed E-state index contributed by atoms with van der Waals surface area (Å²) in [5.74, 6) is -4.98. The van der Waals surface area contributed by atoms with Crippen molar-refractivity contribution in [3.8, 4) is 22.5 Å². The zero-order chi connectivity index (χ0) is 37.9. The number of likely N-dealkylation sites (N-methyl/N-ethyl adjacent to an activating group) is 1. The van der Waals surface area contributed by atoms with E-state index in [0.29, 0.717) is 16.9 Å². The Morgan fingerprint density at radius 2 is 1.63 bits per heavy atom. The number of para-hydroxylation sites is 1. The molecule has 0 bridgehead atoms. The number of carbonyl (C=O) groups excluding carboxylic acids is 1. The van der Waals surface area contributed by atoms with Gasteiger partial charge in [0.25, 0.3) is 5.91 Å². The normalized spacial score (nSPS) is 25.8. The fraction of sp³-hybridized carbons (Fsp3) is 0.382. The summed E-state index contributed by atoms with van der Waals surface area (Å²) < 4.78 is 63.0. The standard InChI is InChI=1S/C34H34F3N9O7S/c1-44(20-5-3-2-4-6-20)28(48)16-52-33-30(46-12-23(40-43-46)18-7-21(35)29(37)22(36)8-18)32(50)26(13-47)53-34(33)54-27-15-51-14-25(31(27)49)45-11-24(41-42-45)19-9-38-17-39-10-19/h2-12,17,25-27,30-34,47,49-50H,13-16H2,1H3. The molecule has 0 aliphatic carbocycles. The Hall–Kier alpha value is -4.83. The van der Waals surface area contributed by atoms with E-state index in [4.69, 9.17) is 14.2 Å². The van der Waals surface area contributed by atoms with Gasteiger partial charge < -0.3 is 34.4 Å². The molecule has 2 aliphatic heterocycles. The lowest BCUT2D eigenvalue weighted by molar-refractivity contribution is -0.193. The highest BCUT2D eigenvalue weighted by molar-refractivity contribution is 8.00. The predicted octanol–water partition coefficient (Wildman–Crippen LogP) is 1.81. The Balaban J connectivity index is 1.18. The summed E-state index contributed by atoms with van der Waals surface area (Å²) in [6.45, 7) is -0.989. The van der Waals surface area contributed by atoms with Crippen molar-refractivity contribution in [3.05, 3.63) is 91.0 Å². The van der Waals surface area contributed by atoms with Crippen molar-refractivity contribution in [1.82, 2.24) is 40.0 Å². The van der Waals surface area contributed by atoms with Crippen molar-refractivity contribution in [2.24, 2.45) is 0 Å². The van der Waals surface area contributed by atoms with Gasteiger partial charge in [-0.1, -0.05) is 28.6 Å². The van der Waals surface area contributed by atoms with E-state index in [-0.39, 0.29) is 24.5 Å². The highest BCUT2D eigenvalue weighted by Crippen LogP contribution is 2.41. The SMILES string of the molecule is CN(C(=O)COC1C(SC2COCC(n3cc(-c4cncnc4)nn3)C2O)OC(CO)C(O)C1n1cc(-c2cc(F)c(F)c(F)c2)nn1)c1ccccc1. The van der Waals surface area contributed by atoms with Crippen molar-refractivity contribution in [2.45, 2.75) is 47.2 Å². The third-order valence-electron chi connectivity index (χ3n) is 9.20. The molecule has 284 valence electrons. The molecule has 3 N–H and O–H groups in total. The van der Waals surface area contributed by atoms with Crippen LogP contribution in [0.2, 0.25) is 0 Å². The highest BCUT2D eigenvalue weighted by Gasteiger charge is 2.50. The fourth-order valence-electron chi connectivity index (χ4n) is 6.25. The quantitative estimate of drug-likeness (QED) is 0.165. The molecule has 8 atom stereocenters. The topological polar surface area (TPSA) is 196 Å². The Morgan fingerprint density at radius 1 is 0.963 bits per heavy atom. The molecule has 16 nitrogen and oxygen atoms in total. The van der Waals surface area contributed by atoms with Crippen molar-refractivity contribution >= 4 is 23.4 Å². The van der Waals surface area contributed by atoms with Crippen LogP contribution in [0.3, 0.4) is 0 Å². The van der Waals surface area contributed by atoms with E-state index in [9.17, 15) is 33.3 Å². The van der Waals surface area contributed by atoms with Gasteiger partial charge in [0, 0.05) is 36.3 Å². The monoisotopic (exact) mass is 769 g/mol. The van der Waals surface area contributed by atoms with E-state index in [1.54, 1.807) is 56.0 Å². The molecular weight excluding hydrogens is 735 g/mol. The van der Waals surface area contributed by atoms with Crippen LogP contribution < -0.4 is 4.90 Å². The minimum absolute atomic E-state index is 0.0604. The number of halogens is 3. The second-order valence-electron chi connectivity index (χ2n) is 12.6. The second kappa shape index (κ2) is 16.3. The number of benzene rings is 2. The van der Waals surface area contributed by atoms with Gasteiger partial charge >= 0.3 is 0 Å². The van der Waals surface area contributed by atoms with Crippen LogP contribution in [0.25, 0.3) is 22.5 Å². The van der Waals surface area contributed by atoms with Gasteiger partial charge in [-0.15, -0.1) is 22.0 Å². The van der Waals surface area contributed by atoms with Gasteiger partial charge in [0.15, 0.2) is 17.5 Å². The summed E-state index contributed by atoms with van der Waals surface area (Å²) >= 11 is 1.09. The van der Waals surface area contributed by atoms with E-state index >= 15 is 0 Å². The molecule has 54 heavy (non-hydrogen) atoms. The van der Waals surface area contributed by atoms with Gasteiger partial charge in [-0.05, 0) is 24.3 Å². The number of anilines is 1. The summed E-state index contributed by atoms with van der Waals surface area (Å²) in [5.41, 5.74) is 0.419. The Bertz CT molecular complexity index is 2030. The average molecular weight is 770 g/mol. The number of aromatic nitrogens is 8. The molecule has 20 heteroatoms. The van der Waals surface area contributed by atoms with E-state index in [2.05, 4.69) is 30.6 Å². The minimum atomic E-state index is -1.65. The minimum Gasteiger partial charge on any atom is -0.394 e. The van der Waals surface area contributed by atoms with Crippen LogP contribution in [0.5, 0.6) is 0 Å². The molecule has 2 fully saturated rings. The number of nitrogens with zero attached hydrogens (tertiary/aromatic N) is 9. The van der Waals surface area contributed by atoms with Gasteiger partial charge in [-0.2, -0.15) is 0 Å². The van der Waals surface area contributed by atoms with E-state index in [1.165, 1.54) is 26.8 Å². The van der Waals surface area contributed by atoms with Gasteiger partial charge in [0.2, 0.25) is 0 Å². The first-order valence-electron chi connectivity index (χ1n) is 16.7. The van der Waals surface area contributed by atoms with Crippen LogP contribution in [-0.4, -0.2) is 130 Å². The number of ether oxygens (including phenoxy) is 3. The number of thioether (sulfide) groups is 1. The van der Waals surface area contributed by atoms with Crippen LogP contribution in [0.15, 0.2) is 73.6 Å². The smallest absolute Gasteiger partial charge is 0.252 e. The molecular formula is C34H34F3N9O7S. The zero-order valence-electron chi connectivity index (χ0n) is 28.4. The molecule has 0 radical (unpaired) electrons. The molecule has 0 saturated carbocycles. The number of carbonyl (C=O) groups is 1. The Morgan fingerprint density at radius 3 is 2.33 bits per heavy atom. The van der Waals surface area contributed by atoms with Crippen LogP contribution in [0, 0.1) is 17.5 Å². The summed E-state index contributed by atoms with van der Waals surface area (Å²) in [7, 11) is 1.57. The molecule has 2 aromatic carbocycles. The third kappa shape index (κ3) is 7.71. The molecule has 5 heterocycles. The lowest BCUT2D eigenvalue weighted by Gasteiger charge is -2.45. The number of hydrogen-bond acceptors (Lipinski definition) is 14. The van der Waals surface area contributed by atoms with E-state index < -0.39 is 83.8 Å². The maximum atomic E-state index is 14.1.